The number of para-hydroxylation sites is 1. The first kappa shape index (κ1) is 13.5. The van der Waals surface area contributed by atoms with E-state index in [9.17, 15) is 4.39 Å². The minimum absolute atomic E-state index is 0.216. The molecule has 1 heterocycles. The molecule has 0 atom stereocenters. The topological polar surface area (TPSA) is 42.7 Å². The van der Waals surface area contributed by atoms with E-state index in [4.69, 9.17) is 0 Å². The molecule has 0 radical (unpaired) electrons. The smallest absolute Gasteiger partial charge is 0.127 e. The Labute approximate surface area is 122 Å². The van der Waals surface area contributed by atoms with Crippen LogP contribution in [0.2, 0.25) is 0 Å². The van der Waals surface area contributed by atoms with E-state index in [1.807, 2.05) is 36.4 Å². The molecule has 0 unspecified atom stereocenters. The number of nitrogens with one attached hydrogen (secondary N) is 1. The largest absolute Gasteiger partial charge is 0.316 e. The number of benzene rings is 2. The van der Waals surface area contributed by atoms with Gasteiger partial charge in [-0.2, -0.15) is 0 Å². The number of nitrogens with zero attached hydrogens (tertiary/aromatic N) is 3. The average molecular weight is 282 g/mol. The first-order valence-corrected chi connectivity index (χ1v) is 6.69. The average Bonchev–Trinajstić information content (AvgIpc) is 3.00. The molecule has 0 aliphatic carbocycles. The molecule has 0 saturated heterocycles. The van der Waals surface area contributed by atoms with Crippen LogP contribution in [0.3, 0.4) is 0 Å². The molecule has 3 aromatic rings. The summed E-state index contributed by atoms with van der Waals surface area (Å²) in [5.41, 5.74) is 3.26. The Hall–Kier alpha value is -2.53. The van der Waals surface area contributed by atoms with Crippen LogP contribution in [-0.2, 0) is 6.54 Å². The van der Waals surface area contributed by atoms with E-state index in [-0.39, 0.29) is 5.82 Å². The van der Waals surface area contributed by atoms with E-state index in [1.165, 1.54) is 6.07 Å². The van der Waals surface area contributed by atoms with Gasteiger partial charge in [-0.1, -0.05) is 23.4 Å². The molecule has 21 heavy (non-hydrogen) atoms. The van der Waals surface area contributed by atoms with Crippen LogP contribution in [0.4, 0.5) is 4.39 Å². The van der Waals surface area contributed by atoms with E-state index >= 15 is 0 Å². The van der Waals surface area contributed by atoms with Crippen molar-refractivity contribution in [2.45, 2.75) is 6.54 Å². The third kappa shape index (κ3) is 2.68. The van der Waals surface area contributed by atoms with E-state index in [2.05, 4.69) is 15.6 Å². The van der Waals surface area contributed by atoms with Crippen molar-refractivity contribution >= 4 is 0 Å². The molecule has 0 spiro atoms. The van der Waals surface area contributed by atoms with Crippen LogP contribution in [0.15, 0.2) is 54.7 Å². The van der Waals surface area contributed by atoms with Crippen molar-refractivity contribution in [3.8, 4) is 16.9 Å². The standard InChI is InChI=1S/C16H15FN4/c1-18-10-13-9-12(7-8-15(13)17)16-11-19-20-21(16)14-5-3-2-4-6-14/h2-9,11,18H,10H2,1H3. The molecule has 1 N–H and O–H groups in total. The molecule has 0 saturated carbocycles. The zero-order valence-electron chi connectivity index (χ0n) is 11.6. The van der Waals surface area contributed by atoms with E-state index in [0.29, 0.717) is 12.1 Å². The van der Waals surface area contributed by atoms with E-state index in [1.54, 1.807) is 24.0 Å². The fraction of sp³-hybridized carbons (Fsp3) is 0.125. The molecule has 1 aromatic heterocycles. The second kappa shape index (κ2) is 5.85. The molecule has 4 nitrogen and oxygen atoms in total. The highest BCUT2D eigenvalue weighted by molar-refractivity contribution is 5.62. The maximum absolute atomic E-state index is 13.7. The first-order chi connectivity index (χ1) is 10.3. The summed E-state index contributed by atoms with van der Waals surface area (Å²) >= 11 is 0. The lowest BCUT2D eigenvalue weighted by molar-refractivity contribution is 0.601. The Bertz CT molecular complexity index is 737. The summed E-state index contributed by atoms with van der Waals surface area (Å²) in [4.78, 5) is 0. The third-order valence-electron chi connectivity index (χ3n) is 3.26. The van der Waals surface area contributed by atoms with Gasteiger partial charge in [-0.05, 0) is 37.4 Å². The highest BCUT2D eigenvalue weighted by Crippen LogP contribution is 2.23. The zero-order chi connectivity index (χ0) is 14.7. The molecule has 0 aliphatic heterocycles. The van der Waals surface area contributed by atoms with Gasteiger partial charge < -0.3 is 5.32 Å². The van der Waals surface area contributed by atoms with Crippen LogP contribution >= 0.6 is 0 Å². The quantitative estimate of drug-likeness (QED) is 0.800. The van der Waals surface area contributed by atoms with Crippen LogP contribution in [-0.4, -0.2) is 22.0 Å². The molecule has 5 heteroatoms. The SMILES string of the molecule is CNCc1cc(-c2cnnn2-c2ccccc2)ccc1F. The Morgan fingerprint density at radius 3 is 2.71 bits per heavy atom. The summed E-state index contributed by atoms with van der Waals surface area (Å²) in [6, 6.07) is 14.8. The van der Waals surface area contributed by atoms with Gasteiger partial charge in [0, 0.05) is 17.7 Å². The predicted molar refractivity (Wildman–Crippen MR) is 79.5 cm³/mol. The van der Waals surface area contributed by atoms with Crippen LogP contribution in [0.5, 0.6) is 0 Å². The van der Waals surface area contributed by atoms with Crippen molar-refractivity contribution in [3.63, 3.8) is 0 Å². The summed E-state index contributed by atoms with van der Waals surface area (Å²) in [5.74, 6) is -0.216. The van der Waals surface area contributed by atoms with E-state index < -0.39 is 0 Å². The van der Waals surface area contributed by atoms with Crippen LogP contribution in [0.25, 0.3) is 16.9 Å². The number of aromatic nitrogens is 3. The minimum Gasteiger partial charge on any atom is -0.316 e. The Kier molecular flexibility index (Phi) is 3.75. The molecule has 0 bridgehead atoms. The highest BCUT2D eigenvalue weighted by Gasteiger charge is 2.11. The number of rotatable bonds is 4. The summed E-state index contributed by atoms with van der Waals surface area (Å²) < 4.78 is 15.5. The lowest BCUT2D eigenvalue weighted by Gasteiger charge is -2.08. The maximum atomic E-state index is 13.7. The second-order valence-corrected chi connectivity index (χ2v) is 4.70. The number of hydrogen-bond acceptors (Lipinski definition) is 3. The molecular weight excluding hydrogens is 267 g/mol. The monoisotopic (exact) mass is 282 g/mol. The van der Waals surface area contributed by atoms with Crippen LogP contribution in [0.1, 0.15) is 5.56 Å². The summed E-state index contributed by atoms with van der Waals surface area (Å²) in [6.45, 7) is 0.479. The van der Waals surface area contributed by atoms with Crippen molar-refractivity contribution in [3.05, 3.63) is 66.1 Å². The Morgan fingerprint density at radius 2 is 1.95 bits per heavy atom. The number of hydrogen-bond donors (Lipinski definition) is 1. The fourth-order valence-corrected chi connectivity index (χ4v) is 2.25. The van der Waals surface area contributed by atoms with Crippen LogP contribution in [0, 0.1) is 5.82 Å². The fourth-order valence-electron chi connectivity index (χ4n) is 2.25. The third-order valence-corrected chi connectivity index (χ3v) is 3.26. The van der Waals surface area contributed by atoms with Gasteiger partial charge in [-0.25, -0.2) is 9.07 Å². The van der Waals surface area contributed by atoms with Crippen molar-refractivity contribution in [1.82, 2.24) is 20.3 Å². The molecule has 0 amide bonds. The van der Waals surface area contributed by atoms with Gasteiger partial charge in [0.25, 0.3) is 0 Å². The van der Waals surface area contributed by atoms with Gasteiger partial charge in [0.15, 0.2) is 0 Å². The Balaban J connectivity index is 2.06. The molecule has 0 fully saturated rings. The summed E-state index contributed by atoms with van der Waals surface area (Å²) in [5, 5.41) is 11.1. The van der Waals surface area contributed by atoms with Crippen LogP contribution < -0.4 is 5.32 Å². The predicted octanol–water partition coefficient (Wildman–Crippen LogP) is 2.79. The van der Waals surface area contributed by atoms with Crippen molar-refractivity contribution in [2.75, 3.05) is 7.05 Å². The molecular formula is C16H15FN4. The Morgan fingerprint density at radius 1 is 1.14 bits per heavy atom. The van der Waals surface area contributed by atoms with Crippen molar-refractivity contribution in [1.29, 1.82) is 0 Å². The van der Waals surface area contributed by atoms with Gasteiger partial charge in [-0.15, -0.1) is 5.10 Å². The molecule has 0 aliphatic rings. The lowest BCUT2D eigenvalue weighted by atomic mass is 10.1. The van der Waals surface area contributed by atoms with Gasteiger partial charge in [-0.3, -0.25) is 0 Å². The molecule has 3 rings (SSSR count). The summed E-state index contributed by atoms with van der Waals surface area (Å²) in [7, 11) is 1.79. The van der Waals surface area contributed by atoms with Crippen molar-refractivity contribution in [2.24, 2.45) is 0 Å². The van der Waals surface area contributed by atoms with Gasteiger partial charge in [0.2, 0.25) is 0 Å². The maximum Gasteiger partial charge on any atom is 0.127 e. The van der Waals surface area contributed by atoms with Gasteiger partial charge in [0.1, 0.15) is 5.82 Å². The highest BCUT2D eigenvalue weighted by atomic mass is 19.1. The normalized spacial score (nSPS) is 10.8. The van der Waals surface area contributed by atoms with Gasteiger partial charge >= 0.3 is 0 Å². The minimum atomic E-state index is -0.216. The number of halogens is 1. The second-order valence-electron chi connectivity index (χ2n) is 4.70. The zero-order valence-corrected chi connectivity index (χ0v) is 11.6. The van der Waals surface area contributed by atoms with Gasteiger partial charge in [0.05, 0.1) is 17.6 Å². The first-order valence-electron chi connectivity index (χ1n) is 6.69. The summed E-state index contributed by atoms with van der Waals surface area (Å²) in [6.07, 6.45) is 1.68. The van der Waals surface area contributed by atoms with E-state index in [0.717, 1.165) is 16.9 Å². The lowest BCUT2D eigenvalue weighted by Crippen LogP contribution is -2.07. The molecule has 106 valence electrons. The molecule has 2 aromatic carbocycles. The van der Waals surface area contributed by atoms with Crippen molar-refractivity contribution < 1.29 is 4.39 Å².